The number of rotatable bonds is 21. The van der Waals surface area contributed by atoms with E-state index in [2.05, 4.69) is 6.92 Å². The predicted molar refractivity (Wildman–Crippen MR) is 152 cm³/mol. The summed E-state index contributed by atoms with van der Waals surface area (Å²) < 4.78 is 5.38. The molecule has 1 rings (SSSR count). The first-order valence-corrected chi connectivity index (χ1v) is 15.3. The molecule has 0 aromatic rings. The fourth-order valence-electron chi connectivity index (χ4n) is 4.64. The van der Waals surface area contributed by atoms with Gasteiger partial charge in [0.1, 0.15) is 0 Å². The van der Waals surface area contributed by atoms with E-state index >= 15 is 0 Å². The lowest BCUT2D eigenvalue weighted by Crippen LogP contribution is -2.33. The van der Waals surface area contributed by atoms with Crippen LogP contribution in [0.4, 0.5) is 0 Å². The van der Waals surface area contributed by atoms with Crippen molar-refractivity contribution in [3.63, 3.8) is 0 Å². The van der Waals surface area contributed by atoms with Crippen molar-refractivity contribution in [3.05, 3.63) is 0 Å². The minimum atomic E-state index is -0.848. The molecular weight excluding hydrogens is 488 g/mol. The third-order valence-corrected chi connectivity index (χ3v) is 6.83. The van der Waals surface area contributed by atoms with Crippen LogP contribution in [0.25, 0.3) is 0 Å². The molecule has 5 N–H and O–H groups in total. The molecule has 0 bridgehead atoms. The van der Waals surface area contributed by atoms with E-state index in [-0.39, 0.29) is 32.4 Å². The second-order valence-corrected chi connectivity index (χ2v) is 10.2. The Labute approximate surface area is 232 Å². The van der Waals surface area contributed by atoms with E-state index in [1.165, 1.54) is 89.9 Å². The highest BCUT2D eigenvalue weighted by molar-refractivity contribution is 5.81. The number of hydrogen-bond acceptors (Lipinski definition) is 7. The number of carboxylic acids is 1. The molecule has 8 heteroatoms. The van der Waals surface area contributed by atoms with E-state index in [0.29, 0.717) is 19.4 Å². The summed E-state index contributed by atoms with van der Waals surface area (Å²) in [7, 11) is 0. The lowest BCUT2D eigenvalue weighted by molar-refractivity contribution is -0.159. The molecular formula is C30H60O8. The zero-order chi connectivity index (χ0) is 28.7. The van der Waals surface area contributed by atoms with Crippen LogP contribution in [0.1, 0.15) is 135 Å². The maximum Gasteiger partial charge on any atom is 0.309 e. The van der Waals surface area contributed by atoms with Crippen molar-refractivity contribution in [1.29, 1.82) is 0 Å². The molecule has 2 unspecified atom stereocenters. The lowest BCUT2D eigenvalue weighted by atomic mass is 9.79. The van der Waals surface area contributed by atoms with Gasteiger partial charge in [-0.25, -0.2) is 0 Å². The van der Waals surface area contributed by atoms with Gasteiger partial charge in [-0.2, -0.15) is 0 Å². The van der Waals surface area contributed by atoms with Crippen molar-refractivity contribution >= 4 is 11.9 Å². The molecule has 228 valence electrons. The first-order valence-electron chi connectivity index (χ1n) is 15.3. The van der Waals surface area contributed by atoms with Crippen LogP contribution in [0.2, 0.25) is 0 Å². The number of unbranched alkanes of at least 4 members (excludes halogenated alkanes) is 15. The fraction of sp³-hybridized carbons (Fsp3) is 0.933. The molecule has 0 heterocycles. The molecule has 0 aliphatic heterocycles. The molecule has 8 nitrogen and oxygen atoms in total. The average Bonchev–Trinajstić information content (AvgIpc) is 2.94. The van der Waals surface area contributed by atoms with Crippen molar-refractivity contribution in [2.75, 3.05) is 33.0 Å². The van der Waals surface area contributed by atoms with Crippen molar-refractivity contribution in [2.24, 2.45) is 11.8 Å². The summed E-state index contributed by atoms with van der Waals surface area (Å²) in [6, 6.07) is 0. The summed E-state index contributed by atoms with van der Waals surface area (Å²) in [5.41, 5.74) is 0. The highest BCUT2D eigenvalue weighted by Crippen LogP contribution is 2.31. The van der Waals surface area contributed by atoms with Gasteiger partial charge in [0.2, 0.25) is 0 Å². The summed E-state index contributed by atoms with van der Waals surface area (Å²) in [5.74, 6) is -2.11. The highest BCUT2D eigenvalue weighted by Gasteiger charge is 2.36. The van der Waals surface area contributed by atoms with Crippen LogP contribution in [-0.2, 0) is 14.3 Å². The number of aliphatic carboxylic acids is 1. The maximum absolute atomic E-state index is 12.2. The van der Waals surface area contributed by atoms with E-state index in [0.717, 1.165) is 25.7 Å². The van der Waals surface area contributed by atoms with E-state index in [1.807, 2.05) is 0 Å². The molecule has 0 amide bonds. The van der Waals surface area contributed by atoms with Gasteiger partial charge in [-0.1, -0.05) is 116 Å². The summed E-state index contributed by atoms with van der Waals surface area (Å²) >= 11 is 0. The van der Waals surface area contributed by atoms with Crippen molar-refractivity contribution in [2.45, 2.75) is 135 Å². The second kappa shape index (κ2) is 32.0. The molecule has 1 aliphatic rings. The van der Waals surface area contributed by atoms with Crippen LogP contribution in [0.5, 0.6) is 0 Å². The van der Waals surface area contributed by atoms with Crippen LogP contribution < -0.4 is 0 Å². The molecule has 0 aromatic heterocycles. The number of carbonyl (C=O) groups excluding carboxylic acids is 1. The Morgan fingerprint density at radius 3 is 1.26 bits per heavy atom. The number of esters is 1. The Kier molecular flexibility index (Phi) is 32.8. The Balaban J connectivity index is 0. The molecule has 1 aliphatic carbocycles. The van der Waals surface area contributed by atoms with E-state index in [4.69, 9.17) is 25.2 Å². The largest absolute Gasteiger partial charge is 0.481 e. The smallest absolute Gasteiger partial charge is 0.309 e. The van der Waals surface area contributed by atoms with Crippen LogP contribution >= 0.6 is 0 Å². The lowest BCUT2D eigenvalue weighted by Gasteiger charge is -2.26. The topological polar surface area (TPSA) is 145 Å². The van der Waals surface area contributed by atoms with Gasteiger partial charge in [0, 0.05) is 0 Å². The Morgan fingerprint density at radius 2 is 0.921 bits per heavy atom. The van der Waals surface area contributed by atoms with Gasteiger partial charge >= 0.3 is 11.9 Å². The Hall–Kier alpha value is -1.22. The summed E-state index contributed by atoms with van der Waals surface area (Å²) in [5, 5.41) is 39.8. The van der Waals surface area contributed by atoms with E-state index < -0.39 is 17.8 Å². The van der Waals surface area contributed by atoms with Crippen LogP contribution in [0, 0.1) is 11.8 Å². The van der Waals surface area contributed by atoms with Gasteiger partial charge in [0.05, 0.1) is 44.9 Å². The van der Waals surface area contributed by atoms with Gasteiger partial charge in [0.25, 0.3) is 0 Å². The van der Waals surface area contributed by atoms with Crippen LogP contribution in [0.3, 0.4) is 0 Å². The van der Waals surface area contributed by atoms with Crippen molar-refractivity contribution < 1.29 is 39.9 Å². The molecule has 1 saturated carbocycles. The third-order valence-electron chi connectivity index (χ3n) is 6.83. The van der Waals surface area contributed by atoms with Crippen LogP contribution in [0.15, 0.2) is 0 Å². The fourth-order valence-corrected chi connectivity index (χ4v) is 4.64. The number of carboxylic acid groups (broad SMARTS) is 1. The minimum absolute atomic E-state index is 0.125. The molecule has 38 heavy (non-hydrogen) atoms. The number of aliphatic hydroxyl groups excluding tert-OH is 4. The first-order chi connectivity index (χ1) is 18.5. The third kappa shape index (κ3) is 26.4. The summed E-state index contributed by atoms with van der Waals surface area (Å²) in [6.45, 7) is 2.22. The Bertz CT molecular complexity index is 493. The summed E-state index contributed by atoms with van der Waals surface area (Å²) in [6.07, 6.45) is 24.3. The van der Waals surface area contributed by atoms with Crippen LogP contribution in [-0.4, -0.2) is 70.5 Å². The first kappa shape index (κ1) is 38.9. The average molecular weight is 549 g/mol. The zero-order valence-electron chi connectivity index (χ0n) is 24.3. The normalized spacial score (nSPS) is 16.6. The molecule has 0 aromatic carbocycles. The Morgan fingerprint density at radius 1 is 0.579 bits per heavy atom. The van der Waals surface area contributed by atoms with Gasteiger partial charge in [-0.15, -0.1) is 0 Å². The monoisotopic (exact) mass is 548 g/mol. The van der Waals surface area contributed by atoms with E-state index in [9.17, 15) is 14.7 Å². The number of ether oxygens (including phenoxy) is 1. The zero-order valence-corrected chi connectivity index (χ0v) is 24.3. The van der Waals surface area contributed by atoms with Gasteiger partial charge in [-0.05, 0) is 19.3 Å². The molecule has 2 atom stereocenters. The second-order valence-electron chi connectivity index (χ2n) is 10.2. The van der Waals surface area contributed by atoms with Gasteiger partial charge < -0.3 is 30.3 Å². The molecule has 1 fully saturated rings. The van der Waals surface area contributed by atoms with Gasteiger partial charge in [0.15, 0.2) is 0 Å². The number of carbonyl (C=O) groups is 2. The highest BCUT2D eigenvalue weighted by atomic mass is 16.5. The number of aliphatic hydroxyl groups is 4. The molecule has 0 saturated heterocycles. The predicted octanol–water partition coefficient (Wildman–Crippen LogP) is 5.62. The quantitative estimate of drug-likeness (QED) is 0.0917. The van der Waals surface area contributed by atoms with Crippen molar-refractivity contribution in [3.8, 4) is 0 Å². The maximum atomic E-state index is 12.2. The van der Waals surface area contributed by atoms with E-state index in [1.54, 1.807) is 0 Å². The number of hydrogen-bond donors (Lipinski definition) is 5. The standard InChI is InChI=1S/C26H48O4.2C2H6O2/c1-2-3-4-5-6-7-8-9-10-11-12-13-14-15-16-19-22-30-26(29)24-21-18-17-20-23(24)25(27)28;2*3-1-2-4/h23-24H,2-22H2,1H3,(H,27,28);2*3-4H,1-2H2. The SMILES string of the molecule is CCCCCCCCCCCCCCCCCCOC(=O)C1CCCCC1C(=O)O.OCCO.OCCO. The van der Waals surface area contributed by atoms with Gasteiger partial charge in [-0.3, -0.25) is 9.59 Å². The molecule has 0 radical (unpaired) electrons. The summed E-state index contributed by atoms with van der Waals surface area (Å²) in [4.78, 5) is 23.5. The minimum Gasteiger partial charge on any atom is -0.481 e. The molecule has 0 spiro atoms. The van der Waals surface area contributed by atoms with Crippen molar-refractivity contribution in [1.82, 2.24) is 0 Å².